The van der Waals surface area contributed by atoms with E-state index in [9.17, 15) is 4.79 Å². The third-order valence-corrected chi connectivity index (χ3v) is 0.993. The molecule has 1 atom stereocenters. The molecule has 0 bridgehead atoms. The minimum Gasteiger partial charge on any atom is -0.461 e. The van der Waals surface area contributed by atoms with E-state index in [1.165, 1.54) is 0 Å². The average Bonchev–Trinajstić information content (AvgIpc) is 1.64. The number of esters is 1. The molecule has 2 nitrogen and oxygen atoms in total. The molecule has 0 aromatic rings. The smallest absolute Gasteiger partial charge is 0.311 e. The first-order valence-electron chi connectivity index (χ1n) is 2.86. The van der Waals surface area contributed by atoms with E-state index in [0.29, 0.717) is 6.35 Å². The molecule has 0 aliphatic carbocycles. The first-order chi connectivity index (χ1) is 3.98. The Hall–Kier alpha value is -0.100. The molecule has 9 heavy (non-hydrogen) atoms. The van der Waals surface area contributed by atoms with Gasteiger partial charge in [0, 0.05) is 0 Å². The quantitative estimate of drug-likeness (QED) is 0.415. The zero-order valence-electron chi connectivity index (χ0n) is 6.10. The van der Waals surface area contributed by atoms with Crippen molar-refractivity contribution < 1.29 is 9.53 Å². The molecule has 0 aliphatic heterocycles. The second-order valence-electron chi connectivity index (χ2n) is 2.85. The van der Waals surface area contributed by atoms with Crippen LogP contribution in [0.4, 0.5) is 0 Å². The molecule has 1 unspecified atom stereocenters. The van der Waals surface area contributed by atoms with Crippen LogP contribution in [0.3, 0.4) is 0 Å². The van der Waals surface area contributed by atoms with Crippen LogP contribution in [0, 0.1) is 5.41 Å². The van der Waals surface area contributed by atoms with Gasteiger partial charge in [-0.05, 0) is 20.8 Å². The molecular formula is C6H13O2P. The van der Waals surface area contributed by atoms with Gasteiger partial charge in [-0.2, -0.15) is 0 Å². The van der Waals surface area contributed by atoms with E-state index in [1.54, 1.807) is 0 Å². The zero-order valence-corrected chi connectivity index (χ0v) is 7.26. The summed E-state index contributed by atoms with van der Waals surface area (Å²) in [6, 6.07) is 0. The number of rotatable bonds is 1. The van der Waals surface area contributed by atoms with Gasteiger partial charge in [0.05, 0.1) is 5.41 Å². The standard InChI is InChI=1S/C6H13O2P/c1-6(2,3)5(7)8-4-9/h4,9H2,1-3H3. The van der Waals surface area contributed by atoms with Crippen molar-refractivity contribution in [3.8, 4) is 0 Å². The molecule has 0 aliphatic rings. The normalized spacial score (nSPS) is 11.1. The molecule has 3 heteroatoms. The summed E-state index contributed by atoms with van der Waals surface area (Å²) in [6.45, 7) is 5.49. The van der Waals surface area contributed by atoms with Gasteiger partial charge in [0.2, 0.25) is 0 Å². The Morgan fingerprint density at radius 2 is 2.00 bits per heavy atom. The van der Waals surface area contributed by atoms with Crippen molar-refractivity contribution in [3.63, 3.8) is 0 Å². The second-order valence-corrected chi connectivity index (χ2v) is 3.18. The molecule has 0 rings (SSSR count). The van der Waals surface area contributed by atoms with E-state index in [1.807, 2.05) is 20.8 Å². The maximum atomic E-state index is 10.8. The lowest BCUT2D eigenvalue weighted by atomic mass is 9.98. The summed E-state index contributed by atoms with van der Waals surface area (Å²) >= 11 is 0. The molecule has 0 spiro atoms. The van der Waals surface area contributed by atoms with E-state index in [4.69, 9.17) is 4.74 Å². The highest BCUT2D eigenvalue weighted by molar-refractivity contribution is 7.16. The van der Waals surface area contributed by atoms with Gasteiger partial charge in [0.25, 0.3) is 0 Å². The molecule has 0 radical (unpaired) electrons. The summed E-state index contributed by atoms with van der Waals surface area (Å²) in [6.07, 6.45) is 0.385. The fraction of sp³-hybridized carbons (Fsp3) is 0.833. The van der Waals surface area contributed by atoms with Crippen LogP contribution in [0.2, 0.25) is 0 Å². The predicted octanol–water partition coefficient (Wildman–Crippen LogP) is 1.41. The van der Waals surface area contributed by atoms with Crippen molar-refractivity contribution in [3.05, 3.63) is 0 Å². The van der Waals surface area contributed by atoms with Gasteiger partial charge in [0.15, 0.2) is 0 Å². The Morgan fingerprint density at radius 1 is 1.56 bits per heavy atom. The van der Waals surface area contributed by atoms with Crippen molar-refractivity contribution in [2.45, 2.75) is 20.8 Å². The topological polar surface area (TPSA) is 26.3 Å². The number of carbonyl (C=O) groups excluding carboxylic acids is 1. The summed E-state index contributed by atoms with van der Waals surface area (Å²) in [5.74, 6) is -0.155. The second kappa shape index (κ2) is 3.17. The summed E-state index contributed by atoms with van der Waals surface area (Å²) in [7, 11) is 2.34. The summed E-state index contributed by atoms with van der Waals surface area (Å²) in [5.41, 5.74) is -0.365. The number of carbonyl (C=O) groups is 1. The Balaban J connectivity index is 3.74. The van der Waals surface area contributed by atoms with Gasteiger partial charge < -0.3 is 4.74 Å². The maximum Gasteiger partial charge on any atom is 0.311 e. The van der Waals surface area contributed by atoms with Gasteiger partial charge >= 0.3 is 5.97 Å². The Morgan fingerprint density at radius 3 is 2.11 bits per heavy atom. The lowest BCUT2D eigenvalue weighted by molar-refractivity contribution is -0.150. The number of hydrogen-bond donors (Lipinski definition) is 0. The predicted molar refractivity (Wildman–Crippen MR) is 40.1 cm³/mol. The molecular weight excluding hydrogens is 135 g/mol. The van der Waals surface area contributed by atoms with E-state index in [0.717, 1.165) is 0 Å². The van der Waals surface area contributed by atoms with Gasteiger partial charge in [-0.15, -0.1) is 0 Å². The van der Waals surface area contributed by atoms with Crippen LogP contribution in [-0.2, 0) is 9.53 Å². The van der Waals surface area contributed by atoms with E-state index in [2.05, 4.69) is 9.24 Å². The molecule has 0 amide bonds. The minimum atomic E-state index is -0.365. The summed E-state index contributed by atoms with van der Waals surface area (Å²) < 4.78 is 4.73. The minimum absolute atomic E-state index is 0.155. The van der Waals surface area contributed by atoms with Crippen molar-refractivity contribution >= 4 is 15.2 Å². The van der Waals surface area contributed by atoms with E-state index in [-0.39, 0.29) is 11.4 Å². The number of hydrogen-bond acceptors (Lipinski definition) is 2. The lowest BCUT2D eigenvalue weighted by Gasteiger charge is -2.14. The molecule has 0 saturated carbocycles. The van der Waals surface area contributed by atoms with Gasteiger partial charge in [-0.1, -0.05) is 9.24 Å². The first kappa shape index (κ1) is 8.90. The van der Waals surface area contributed by atoms with Crippen LogP contribution in [0.1, 0.15) is 20.8 Å². The van der Waals surface area contributed by atoms with E-state index < -0.39 is 0 Å². The van der Waals surface area contributed by atoms with E-state index >= 15 is 0 Å². The Bertz CT molecular complexity index is 104. The molecule has 0 saturated heterocycles. The van der Waals surface area contributed by atoms with Crippen LogP contribution in [0.15, 0.2) is 0 Å². The van der Waals surface area contributed by atoms with Crippen molar-refractivity contribution in [1.82, 2.24) is 0 Å². The van der Waals surface area contributed by atoms with Crippen LogP contribution in [0.5, 0.6) is 0 Å². The van der Waals surface area contributed by atoms with Gasteiger partial charge in [0.1, 0.15) is 6.35 Å². The average molecular weight is 148 g/mol. The SMILES string of the molecule is CC(C)(C)C(=O)OCP. The van der Waals surface area contributed by atoms with Crippen molar-refractivity contribution in [2.75, 3.05) is 6.35 Å². The van der Waals surface area contributed by atoms with Crippen molar-refractivity contribution in [2.24, 2.45) is 5.41 Å². The third-order valence-electron chi connectivity index (χ3n) is 0.827. The van der Waals surface area contributed by atoms with Crippen LogP contribution >= 0.6 is 9.24 Å². The molecule has 0 heterocycles. The highest BCUT2D eigenvalue weighted by Crippen LogP contribution is 2.15. The maximum absolute atomic E-state index is 10.8. The fourth-order valence-electron chi connectivity index (χ4n) is 0.292. The monoisotopic (exact) mass is 148 g/mol. The largest absolute Gasteiger partial charge is 0.461 e. The fourth-order valence-corrected chi connectivity index (χ4v) is 0.444. The van der Waals surface area contributed by atoms with Gasteiger partial charge in [-0.25, -0.2) is 0 Å². The van der Waals surface area contributed by atoms with Gasteiger partial charge in [-0.3, -0.25) is 4.79 Å². The zero-order chi connectivity index (χ0) is 7.49. The molecule has 0 aromatic heterocycles. The Kier molecular flexibility index (Phi) is 3.13. The highest BCUT2D eigenvalue weighted by Gasteiger charge is 2.21. The Labute approximate surface area is 58.2 Å². The van der Waals surface area contributed by atoms with Crippen LogP contribution in [0.25, 0.3) is 0 Å². The summed E-state index contributed by atoms with van der Waals surface area (Å²) in [4.78, 5) is 10.8. The third kappa shape index (κ3) is 3.47. The van der Waals surface area contributed by atoms with Crippen LogP contribution in [-0.4, -0.2) is 12.3 Å². The molecule has 0 N–H and O–H groups in total. The molecule has 0 fully saturated rings. The first-order valence-corrected chi connectivity index (χ1v) is 3.67. The lowest BCUT2D eigenvalue weighted by Crippen LogP contribution is -2.22. The molecule has 54 valence electrons. The molecule has 0 aromatic carbocycles. The van der Waals surface area contributed by atoms with Crippen molar-refractivity contribution in [1.29, 1.82) is 0 Å². The number of ether oxygens (including phenoxy) is 1. The summed E-state index contributed by atoms with van der Waals surface area (Å²) in [5, 5.41) is 0. The van der Waals surface area contributed by atoms with Crippen LogP contribution < -0.4 is 0 Å². The highest BCUT2D eigenvalue weighted by atomic mass is 31.0.